The molecule has 20 heavy (non-hydrogen) atoms. The molecule has 0 N–H and O–H groups in total. The minimum atomic E-state index is -0.202. The molecule has 0 aromatic heterocycles. The first kappa shape index (κ1) is 14.7. The van der Waals surface area contributed by atoms with Gasteiger partial charge in [0, 0.05) is 19.0 Å². The molecule has 0 fully saturated rings. The molecule has 0 aliphatic carbocycles. The SMILES string of the molecule is Cc1ccccc1SC(C(=O)N(C)C)c1ccccc1. The van der Waals surface area contributed by atoms with Gasteiger partial charge in [0.1, 0.15) is 5.25 Å². The molecular formula is C17H19NOS. The minimum Gasteiger partial charge on any atom is -0.348 e. The summed E-state index contributed by atoms with van der Waals surface area (Å²) >= 11 is 1.61. The van der Waals surface area contributed by atoms with Crippen LogP contribution < -0.4 is 0 Å². The number of benzene rings is 2. The molecule has 0 saturated carbocycles. The molecule has 0 radical (unpaired) electrons. The molecule has 1 atom stereocenters. The highest BCUT2D eigenvalue weighted by atomic mass is 32.2. The van der Waals surface area contributed by atoms with Crippen molar-refractivity contribution >= 4 is 17.7 Å². The predicted molar refractivity (Wildman–Crippen MR) is 84.9 cm³/mol. The van der Waals surface area contributed by atoms with Crippen LogP contribution in [0.5, 0.6) is 0 Å². The van der Waals surface area contributed by atoms with Gasteiger partial charge in [0.15, 0.2) is 0 Å². The Bertz CT molecular complexity index is 581. The van der Waals surface area contributed by atoms with E-state index in [0.29, 0.717) is 0 Å². The summed E-state index contributed by atoms with van der Waals surface area (Å²) in [5, 5.41) is -0.202. The summed E-state index contributed by atoms with van der Waals surface area (Å²) in [6, 6.07) is 18.1. The Balaban J connectivity index is 2.33. The smallest absolute Gasteiger partial charge is 0.240 e. The second-order valence-corrected chi connectivity index (χ2v) is 6.05. The van der Waals surface area contributed by atoms with Crippen LogP contribution in [0.25, 0.3) is 0 Å². The van der Waals surface area contributed by atoms with Gasteiger partial charge in [-0.05, 0) is 24.1 Å². The van der Waals surface area contributed by atoms with E-state index in [2.05, 4.69) is 19.1 Å². The molecule has 2 aromatic carbocycles. The Labute approximate surface area is 124 Å². The summed E-state index contributed by atoms with van der Waals surface area (Å²) in [5.74, 6) is 0.115. The largest absolute Gasteiger partial charge is 0.348 e. The fourth-order valence-electron chi connectivity index (χ4n) is 1.94. The van der Waals surface area contributed by atoms with Crippen LogP contribution >= 0.6 is 11.8 Å². The van der Waals surface area contributed by atoms with Crippen molar-refractivity contribution in [3.05, 3.63) is 65.7 Å². The van der Waals surface area contributed by atoms with Crippen LogP contribution in [-0.2, 0) is 4.79 Å². The van der Waals surface area contributed by atoms with Gasteiger partial charge in [-0.2, -0.15) is 0 Å². The Morgan fingerprint density at radius 3 is 2.20 bits per heavy atom. The third-order valence-electron chi connectivity index (χ3n) is 3.11. The maximum Gasteiger partial charge on any atom is 0.240 e. The van der Waals surface area contributed by atoms with Crippen LogP contribution in [0.15, 0.2) is 59.5 Å². The lowest BCUT2D eigenvalue weighted by atomic mass is 10.1. The Morgan fingerprint density at radius 2 is 1.60 bits per heavy atom. The molecule has 0 aliphatic heterocycles. The van der Waals surface area contributed by atoms with Gasteiger partial charge < -0.3 is 4.90 Å². The summed E-state index contributed by atoms with van der Waals surface area (Å²) in [5.41, 5.74) is 2.24. The fraction of sp³-hybridized carbons (Fsp3) is 0.235. The first-order valence-electron chi connectivity index (χ1n) is 6.58. The quantitative estimate of drug-likeness (QED) is 0.794. The molecule has 0 bridgehead atoms. The van der Waals surface area contributed by atoms with E-state index in [-0.39, 0.29) is 11.2 Å². The maximum absolute atomic E-state index is 12.5. The van der Waals surface area contributed by atoms with Gasteiger partial charge in [0.25, 0.3) is 0 Å². The number of hydrogen-bond acceptors (Lipinski definition) is 2. The van der Waals surface area contributed by atoms with E-state index in [0.717, 1.165) is 10.5 Å². The average molecular weight is 285 g/mol. The number of rotatable bonds is 4. The van der Waals surface area contributed by atoms with E-state index >= 15 is 0 Å². The predicted octanol–water partition coefficient (Wildman–Crippen LogP) is 3.92. The minimum absolute atomic E-state index is 0.115. The molecule has 0 heterocycles. The number of amides is 1. The van der Waals surface area contributed by atoms with Crippen LogP contribution in [-0.4, -0.2) is 24.9 Å². The van der Waals surface area contributed by atoms with Crippen molar-refractivity contribution in [3.63, 3.8) is 0 Å². The first-order valence-corrected chi connectivity index (χ1v) is 7.46. The molecule has 3 heteroatoms. The number of aryl methyl sites for hydroxylation is 1. The summed E-state index contributed by atoms with van der Waals surface area (Å²) in [6.45, 7) is 2.07. The Hall–Kier alpha value is -1.74. The lowest BCUT2D eigenvalue weighted by molar-refractivity contribution is -0.128. The third kappa shape index (κ3) is 3.42. The number of thioether (sulfide) groups is 1. The summed E-state index contributed by atoms with van der Waals surface area (Å²) in [4.78, 5) is 15.3. The van der Waals surface area contributed by atoms with E-state index in [9.17, 15) is 4.79 Å². The average Bonchev–Trinajstić information content (AvgIpc) is 2.46. The standard InChI is InChI=1S/C17H19NOS/c1-13-9-7-8-12-15(13)20-16(17(19)18(2)3)14-10-5-4-6-11-14/h4-12,16H,1-3H3. The molecule has 2 rings (SSSR count). The molecule has 0 saturated heterocycles. The monoisotopic (exact) mass is 285 g/mol. The van der Waals surface area contributed by atoms with Crippen LogP contribution in [0.2, 0.25) is 0 Å². The molecule has 104 valence electrons. The molecule has 2 aromatic rings. The summed E-state index contributed by atoms with van der Waals surface area (Å²) in [7, 11) is 3.60. The highest BCUT2D eigenvalue weighted by Crippen LogP contribution is 2.37. The molecule has 1 unspecified atom stereocenters. The number of likely N-dealkylation sites (N-methyl/N-ethyl adjacent to an activating group) is 1. The van der Waals surface area contributed by atoms with Gasteiger partial charge in [0.05, 0.1) is 0 Å². The van der Waals surface area contributed by atoms with Gasteiger partial charge in [0.2, 0.25) is 5.91 Å². The van der Waals surface area contributed by atoms with E-state index in [1.165, 1.54) is 5.56 Å². The summed E-state index contributed by atoms with van der Waals surface area (Å²) < 4.78 is 0. The first-order chi connectivity index (χ1) is 9.59. The van der Waals surface area contributed by atoms with Crippen LogP contribution in [0.3, 0.4) is 0 Å². The topological polar surface area (TPSA) is 20.3 Å². The highest BCUT2D eigenvalue weighted by Gasteiger charge is 2.23. The van der Waals surface area contributed by atoms with Gasteiger partial charge >= 0.3 is 0 Å². The van der Waals surface area contributed by atoms with Crippen molar-refractivity contribution in [2.24, 2.45) is 0 Å². The van der Waals surface area contributed by atoms with Crippen LogP contribution in [0.1, 0.15) is 16.4 Å². The van der Waals surface area contributed by atoms with Crippen molar-refractivity contribution in [2.75, 3.05) is 14.1 Å². The van der Waals surface area contributed by atoms with E-state index in [4.69, 9.17) is 0 Å². The van der Waals surface area contributed by atoms with Gasteiger partial charge in [-0.25, -0.2) is 0 Å². The zero-order chi connectivity index (χ0) is 14.5. The van der Waals surface area contributed by atoms with Crippen molar-refractivity contribution in [1.82, 2.24) is 4.90 Å². The Morgan fingerprint density at radius 1 is 1.00 bits per heavy atom. The number of hydrogen-bond donors (Lipinski definition) is 0. The molecular weight excluding hydrogens is 266 g/mol. The Kier molecular flexibility index (Phi) is 4.85. The summed E-state index contributed by atoms with van der Waals surface area (Å²) in [6.07, 6.45) is 0. The highest BCUT2D eigenvalue weighted by molar-refractivity contribution is 8.00. The second-order valence-electron chi connectivity index (χ2n) is 4.91. The number of carbonyl (C=O) groups is 1. The van der Waals surface area contributed by atoms with Crippen molar-refractivity contribution in [2.45, 2.75) is 17.1 Å². The normalized spacial score (nSPS) is 11.9. The molecule has 2 nitrogen and oxygen atoms in total. The molecule has 0 aliphatic rings. The zero-order valence-corrected chi connectivity index (χ0v) is 12.9. The van der Waals surface area contributed by atoms with E-state index in [1.807, 2.05) is 42.5 Å². The van der Waals surface area contributed by atoms with Crippen molar-refractivity contribution in [3.8, 4) is 0 Å². The second kappa shape index (κ2) is 6.62. The molecule has 1 amide bonds. The third-order valence-corrected chi connectivity index (χ3v) is 4.53. The number of nitrogens with zero attached hydrogens (tertiary/aromatic N) is 1. The number of carbonyl (C=O) groups excluding carboxylic acids is 1. The van der Waals surface area contributed by atoms with Crippen LogP contribution in [0.4, 0.5) is 0 Å². The van der Waals surface area contributed by atoms with Gasteiger partial charge in [-0.1, -0.05) is 48.5 Å². The lowest BCUT2D eigenvalue weighted by Crippen LogP contribution is -2.26. The fourth-order valence-corrected chi connectivity index (χ4v) is 3.21. The van der Waals surface area contributed by atoms with E-state index in [1.54, 1.807) is 30.8 Å². The van der Waals surface area contributed by atoms with Crippen LogP contribution in [0, 0.1) is 6.92 Å². The van der Waals surface area contributed by atoms with Crippen molar-refractivity contribution < 1.29 is 4.79 Å². The van der Waals surface area contributed by atoms with Gasteiger partial charge in [-0.3, -0.25) is 4.79 Å². The zero-order valence-electron chi connectivity index (χ0n) is 12.0. The molecule has 0 spiro atoms. The lowest BCUT2D eigenvalue weighted by Gasteiger charge is -2.21. The maximum atomic E-state index is 12.5. The van der Waals surface area contributed by atoms with Gasteiger partial charge in [-0.15, -0.1) is 11.8 Å². The van der Waals surface area contributed by atoms with E-state index < -0.39 is 0 Å². The van der Waals surface area contributed by atoms with Crippen molar-refractivity contribution in [1.29, 1.82) is 0 Å².